The number of amidine groups is 1. The predicted molar refractivity (Wildman–Crippen MR) is 128 cm³/mol. The zero-order chi connectivity index (χ0) is 23.3. The second-order valence-electron chi connectivity index (χ2n) is 7.23. The van der Waals surface area contributed by atoms with Gasteiger partial charge in [0.1, 0.15) is 11.8 Å². The van der Waals surface area contributed by atoms with Crippen molar-refractivity contribution in [3.63, 3.8) is 0 Å². The van der Waals surface area contributed by atoms with Crippen LogP contribution in [-0.4, -0.2) is 17.6 Å². The van der Waals surface area contributed by atoms with Crippen molar-refractivity contribution >= 4 is 46.5 Å². The van der Waals surface area contributed by atoms with Gasteiger partial charge in [-0.25, -0.2) is 0 Å². The van der Waals surface area contributed by atoms with Gasteiger partial charge in [0.05, 0.1) is 16.1 Å². The van der Waals surface area contributed by atoms with Gasteiger partial charge < -0.3 is 16.4 Å². The van der Waals surface area contributed by atoms with Crippen LogP contribution >= 0.6 is 23.2 Å². The summed E-state index contributed by atoms with van der Waals surface area (Å²) < 4.78 is 0. The fourth-order valence-electron chi connectivity index (χ4n) is 3.18. The van der Waals surface area contributed by atoms with Crippen LogP contribution in [0.2, 0.25) is 10.0 Å². The quantitative estimate of drug-likeness (QED) is 0.225. The summed E-state index contributed by atoms with van der Waals surface area (Å²) in [7, 11) is 0. The van der Waals surface area contributed by atoms with Gasteiger partial charge in [-0.15, -0.1) is 0 Å². The highest BCUT2D eigenvalue weighted by Crippen LogP contribution is 2.26. The Morgan fingerprint density at radius 1 is 0.875 bits per heavy atom. The van der Waals surface area contributed by atoms with Crippen LogP contribution in [0.4, 0.5) is 5.69 Å². The highest BCUT2D eigenvalue weighted by Gasteiger charge is 2.29. The van der Waals surface area contributed by atoms with Crippen LogP contribution in [-0.2, 0) is 9.59 Å². The summed E-state index contributed by atoms with van der Waals surface area (Å²) in [4.78, 5) is 26.3. The van der Waals surface area contributed by atoms with Crippen LogP contribution in [0, 0.1) is 5.41 Å². The van der Waals surface area contributed by atoms with E-state index < -0.39 is 23.8 Å². The molecule has 5 N–H and O–H groups in total. The third-order valence-corrected chi connectivity index (χ3v) is 5.66. The Morgan fingerprint density at radius 3 is 2.12 bits per heavy atom. The van der Waals surface area contributed by atoms with Crippen LogP contribution in [0.5, 0.6) is 0 Å². The van der Waals surface area contributed by atoms with Gasteiger partial charge in [-0.1, -0.05) is 59.6 Å². The molecular weight excluding hydrogens is 447 g/mol. The number of rotatable bonds is 7. The lowest BCUT2D eigenvalue weighted by atomic mass is 9.96. The van der Waals surface area contributed by atoms with Crippen LogP contribution in [0.15, 0.2) is 72.8 Å². The molecule has 0 aliphatic carbocycles. The number of hydrogen-bond acceptors (Lipinski definition) is 3. The monoisotopic (exact) mass is 468 g/mol. The predicted octanol–water partition coefficient (Wildman–Crippen LogP) is 4.88. The number of benzene rings is 3. The highest BCUT2D eigenvalue weighted by molar-refractivity contribution is 6.42. The normalized spacial score (nSPS) is 12.5. The summed E-state index contributed by atoms with van der Waals surface area (Å²) in [5, 5.41) is 13.9. The zero-order valence-electron chi connectivity index (χ0n) is 17.2. The van der Waals surface area contributed by atoms with Crippen LogP contribution in [0.25, 0.3) is 0 Å². The molecule has 8 heteroatoms. The molecule has 0 fully saturated rings. The number of amides is 2. The van der Waals surface area contributed by atoms with Crippen molar-refractivity contribution in [2.45, 2.75) is 18.9 Å². The molecule has 2 amide bonds. The van der Waals surface area contributed by atoms with Crippen molar-refractivity contribution in [3.05, 3.63) is 99.5 Å². The van der Waals surface area contributed by atoms with Crippen molar-refractivity contribution < 1.29 is 9.59 Å². The van der Waals surface area contributed by atoms with Crippen molar-refractivity contribution in [1.82, 2.24) is 5.32 Å². The van der Waals surface area contributed by atoms with E-state index in [1.54, 1.807) is 73.7 Å². The molecule has 2 atom stereocenters. The minimum atomic E-state index is -1.08. The van der Waals surface area contributed by atoms with Gasteiger partial charge in [0, 0.05) is 11.3 Å². The van der Waals surface area contributed by atoms with Crippen LogP contribution in [0.3, 0.4) is 0 Å². The standard InChI is InChI=1S/C24H22Cl2N4O2/c1-14(17-9-12-19(25)20(26)13-17)29-23(31)21(15-5-3-2-4-6-15)24(32)30-18-10-7-16(8-11-18)22(27)28/h2-14,21H,1H3,(H3,27,28)(H,29,31)(H,30,32). The van der Waals surface area contributed by atoms with Crippen LogP contribution < -0.4 is 16.4 Å². The number of halogens is 2. The number of nitrogens with two attached hydrogens (primary N) is 1. The molecule has 0 heterocycles. The van der Waals surface area contributed by atoms with E-state index in [-0.39, 0.29) is 5.84 Å². The number of anilines is 1. The molecule has 3 aromatic rings. The molecule has 3 aromatic carbocycles. The first-order valence-electron chi connectivity index (χ1n) is 9.82. The molecular formula is C24H22Cl2N4O2. The van der Waals surface area contributed by atoms with E-state index in [1.807, 2.05) is 6.07 Å². The van der Waals surface area contributed by atoms with Crippen molar-refractivity contribution in [3.8, 4) is 0 Å². The first-order chi connectivity index (χ1) is 15.3. The van der Waals surface area contributed by atoms with Gasteiger partial charge in [-0.3, -0.25) is 15.0 Å². The Bertz CT molecular complexity index is 1130. The van der Waals surface area contributed by atoms with Crippen LogP contribution in [0.1, 0.15) is 35.6 Å². The van der Waals surface area contributed by atoms with E-state index in [0.29, 0.717) is 26.9 Å². The Labute approximate surface area is 196 Å². The molecule has 0 saturated heterocycles. The Balaban J connectivity index is 1.81. The summed E-state index contributed by atoms with van der Waals surface area (Å²) in [6.45, 7) is 1.80. The van der Waals surface area contributed by atoms with Crippen molar-refractivity contribution in [2.24, 2.45) is 5.73 Å². The summed E-state index contributed by atoms with van der Waals surface area (Å²) in [6.07, 6.45) is 0. The van der Waals surface area contributed by atoms with Gasteiger partial charge in [-0.05, 0) is 54.4 Å². The third-order valence-electron chi connectivity index (χ3n) is 4.92. The second kappa shape index (κ2) is 10.3. The number of nitrogens with one attached hydrogen (secondary N) is 3. The van der Waals surface area contributed by atoms with Gasteiger partial charge >= 0.3 is 0 Å². The molecule has 3 rings (SSSR count). The van der Waals surface area contributed by atoms with Gasteiger partial charge in [-0.2, -0.15) is 0 Å². The fraction of sp³-hybridized carbons (Fsp3) is 0.125. The van der Waals surface area contributed by atoms with Crippen molar-refractivity contribution in [2.75, 3.05) is 5.32 Å². The average molecular weight is 469 g/mol. The van der Waals surface area contributed by atoms with E-state index in [0.717, 1.165) is 5.56 Å². The third kappa shape index (κ3) is 5.66. The first kappa shape index (κ1) is 23.3. The van der Waals surface area contributed by atoms with Crippen molar-refractivity contribution in [1.29, 1.82) is 5.41 Å². The number of hydrogen-bond donors (Lipinski definition) is 4. The Morgan fingerprint density at radius 2 is 1.53 bits per heavy atom. The molecule has 6 nitrogen and oxygen atoms in total. The summed E-state index contributed by atoms with van der Waals surface area (Å²) in [5.41, 5.74) is 7.82. The van der Waals surface area contributed by atoms with Gasteiger partial charge in [0.25, 0.3) is 0 Å². The minimum absolute atomic E-state index is 0.0688. The van der Waals surface area contributed by atoms with E-state index in [1.165, 1.54) is 0 Å². The Kier molecular flexibility index (Phi) is 7.51. The molecule has 0 saturated carbocycles. The zero-order valence-corrected chi connectivity index (χ0v) is 18.7. The highest BCUT2D eigenvalue weighted by atomic mass is 35.5. The fourth-order valence-corrected chi connectivity index (χ4v) is 3.48. The van der Waals surface area contributed by atoms with E-state index in [9.17, 15) is 9.59 Å². The smallest absolute Gasteiger partial charge is 0.241 e. The molecule has 0 bridgehead atoms. The molecule has 0 radical (unpaired) electrons. The minimum Gasteiger partial charge on any atom is -0.384 e. The summed E-state index contributed by atoms with van der Waals surface area (Å²) in [6, 6.07) is 20.0. The number of carbonyl (C=O) groups excluding carboxylic acids is 2. The molecule has 2 unspecified atom stereocenters. The number of carbonyl (C=O) groups is 2. The maximum Gasteiger partial charge on any atom is 0.241 e. The van der Waals surface area contributed by atoms with Gasteiger partial charge in [0.2, 0.25) is 11.8 Å². The topological polar surface area (TPSA) is 108 Å². The molecule has 164 valence electrons. The number of nitrogen functional groups attached to an aromatic ring is 1. The lowest BCUT2D eigenvalue weighted by Crippen LogP contribution is -2.37. The Hall–Kier alpha value is -3.35. The lowest BCUT2D eigenvalue weighted by Gasteiger charge is -2.21. The second-order valence-corrected chi connectivity index (χ2v) is 8.04. The lowest BCUT2D eigenvalue weighted by molar-refractivity contribution is -0.129. The average Bonchev–Trinajstić information content (AvgIpc) is 2.76. The molecule has 0 aliphatic heterocycles. The van der Waals surface area contributed by atoms with Gasteiger partial charge in [0.15, 0.2) is 0 Å². The van der Waals surface area contributed by atoms with E-state index >= 15 is 0 Å². The SMILES string of the molecule is CC(NC(=O)C(C(=O)Nc1ccc(C(=N)N)cc1)c1ccccc1)c1ccc(Cl)c(Cl)c1. The summed E-state index contributed by atoms with van der Waals surface area (Å²) >= 11 is 12.1. The molecule has 0 aromatic heterocycles. The molecule has 0 aliphatic rings. The molecule has 32 heavy (non-hydrogen) atoms. The maximum absolute atomic E-state index is 13.2. The first-order valence-corrected chi connectivity index (χ1v) is 10.6. The summed E-state index contributed by atoms with van der Waals surface area (Å²) in [5.74, 6) is -2.08. The maximum atomic E-state index is 13.2. The molecule has 0 spiro atoms. The largest absolute Gasteiger partial charge is 0.384 e. The van der Waals surface area contributed by atoms with E-state index in [4.69, 9.17) is 34.3 Å². The van der Waals surface area contributed by atoms with E-state index in [2.05, 4.69) is 10.6 Å².